The molecular formula is C29H44F2. The smallest absolute Gasteiger partial charge is 0.174 e. The Hall–Kier alpha value is -1.18. The molecule has 0 spiro atoms. The van der Waals surface area contributed by atoms with E-state index < -0.39 is 6.08 Å². The van der Waals surface area contributed by atoms with Gasteiger partial charge in [-0.1, -0.05) is 69.7 Å². The highest BCUT2D eigenvalue weighted by Crippen LogP contribution is 2.42. The van der Waals surface area contributed by atoms with Crippen LogP contribution in [0.15, 0.2) is 36.4 Å². The van der Waals surface area contributed by atoms with E-state index in [9.17, 15) is 8.78 Å². The molecule has 0 radical (unpaired) electrons. The molecule has 0 heterocycles. The topological polar surface area (TPSA) is 0 Å². The van der Waals surface area contributed by atoms with Crippen molar-refractivity contribution in [3.63, 3.8) is 0 Å². The normalized spacial score (nSPS) is 26.5. The zero-order chi connectivity index (χ0) is 21.9. The minimum absolute atomic E-state index is 0.134. The summed E-state index contributed by atoms with van der Waals surface area (Å²) in [5.74, 6) is 2.73. The van der Waals surface area contributed by atoms with Crippen LogP contribution < -0.4 is 0 Å². The van der Waals surface area contributed by atoms with Crippen LogP contribution in [0.1, 0.15) is 108 Å². The quantitative estimate of drug-likeness (QED) is 0.307. The van der Waals surface area contributed by atoms with Crippen molar-refractivity contribution in [3.05, 3.63) is 47.5 Å². The van der Waals surface area contributed by atoms with Crippen LogP contribution in [0.4, 0.5) is 8.78 Å². The van der Waals surface area contributed by atoms with Gasteiger partial charge in [0.1, 0.15) is 0 Å². The summed E-state index contributed by atoms with van der Waals surface area (Å²) in [4.78, 5) is 0. The molecule has 0 aliphatic heterocycles. The molecule has 0 unspecified atom stereocenters. The Morgan fingerprint density at radius 1 is 0.742 bits per heavy atom. The average molecular weight is 431 g/mol. The molecule has 174 valence electrons. The van der Waals surface area contributed by atoms with Crippen LogP contribution in [-0.2, 0) is 12.8 Å². The van der Waals surface area contributed by atoms with E-state index in [0.717, 1.165) is 30.6 Å². The van der Waals surface area contributed by atoms with E-state index in [4.69, 9.17) is 0 Å². The molecule has 0 aromatic heterocycles. The second-order valence-electron chi connectivity index (χ2n) is 10.4. The summed E-state index contributed by atoms with van der Waals surface area (Å²) in [6.07, 6.45) is 20.0. The Kier molecular flexibility index (Phi) is 10.6. The van der Waals surface area contributed by atoms with Gasteiger partial charge in [-0.05, 0) is 105 Å². The SMILES string of the molecule is CCCCCc1ccc(CCCCC2CCC(C3CCC(C=C(F)F)CC3)CC2)cc1. The monoisotopic (exact) mass is 430 g/mol. The summed E-state index contributed by atoms with van der Waals surface area (Å²) >= 11 is 0. The third-order valence-electron chi connectivity index (χ3n) is 8.16. The highest BCUT2D eigenvalue weighted by molar-refractivity contribution is 5.22. The van der Waals surface area contributed by atoms with Crippen molar-refractivity contribution in [2.24, 2.45) is 23.7 Å². The van der Waals surface area contributed by atoms with Crippen LogP contribution in [0.5, 0.6) is 0 Å². The summed E-state index contributed by atoms with van der Waals surface area (Å²) in [5, 5.41) is 0. The Morgan fingerprint density at radius 2 is 1.26 bits per heavy atom. The molecule has 2 aliphatic rings. The van der Waals surface area contributed by atoms with Crippen LogP contribution in [0.25, 0.3) is 0 Å². The van der Waals surface area contributed by atoms with Gasteiger partial charge < -0.3 is 0 Å². The zero-order valence-corrected chi connectivity index (χ0v) is 19.8. The van der Waals surface area contributed by atoms with Crippen LogP contribution in [0.2, 0.25) is 0 Å². The Balaban J connectivity index is 1.26. The van der Waals surface area contributed by atoms with E-state index in [1.54, 1.807) is 0 Å². The Bertz CT molecular complexity index is 627. The van der Waals surface area contributed by atoms with Gasteiger partial charge in [0.05, 0.1) is 0 Å². The van der Waals surface area contributed by atoms with Crippen LogP contribution in [0.3, 0.4) is 0 Å². The molecule has 1 aromatic carbocycles. The Morgan fingerprint density at radius 3 is 1.77 bits per heavy atom. The van der Waals surface area contributed by atoms with Crippen LogP contribution >= 0.6 is 0 Å². The van der Waals surface area contributed by atoms with Gasteiger partial charge >= 0.3 is 0 Å². The van der Waals surface area contributed by atoms with Gasteiger partial charge in [-0.2, -0.15) is 8.78 Å². The summed E-state index contributed by atoms with van der Waals surface area (Å²) < 4.78 is 24.9. The molecule has 0 N–H and O–H groups in total. The maximum Gasteiger partial charge on any atom is 0.266 e. The summed E-state index contributed by atoms with van der Waals surface area (Å²) in [7, 11) is 0. The van der Waals surface area contributed by atoms with Crippen molar-refractivity contribution in [2.75, 3.05) is 0 Å². The molecular weight excluding hydrogens is 386 g/mol. The first-order chi connectivity index (χ1) is 15.1. The zero-order valence-electron chi connectivity index (χ0n) is 19.8. The van der Waals surface area contributed by atoms with Gasteiger partial charge in [-0.25, -0.2) is 0 Å². The lowest BCUT2D eigenvalue weighted by Gasteiger charge is -2.37. The fraction of sp³-hybridized carbons (Fsp3) is 0.724. The van der Waals surface area contributed by atoms with Gasteiger partial charge in [-0.15, -0.1) is 0 Å². The van der Waals surface area contributed by atoms with Crippen molar-refractivity contribution in [2.45, 2.75) is 110 Å². The second kappa shape index (κ2) is 13.4. The lowest BCUT2D eigenvalue weighted by molar-refractivity contribution is 0.150. The fourth-order valence-electron chi connectivity index (χ4n) is 6.12. The van der Waals surface area contributed by atoms with E-state index in [2.05, 4.69) is 31.2 Å². The molecule has 2 fully saturated rings. The number of hydrogen-bond donors (Lipinski definition) is 0. The number of unbranched alkanes of at least 4 members (excludes halogenated alkanes) is 3. The van der Waals surface area contributed by atoms with E-state index in [1.807, 2.05) is 0 Å². The molecule has 0 atom stereocenters. The minimum Gasteiger partial charge on any atom is -0.174 e. The van der Waals surface area contributed by atoms with E-state index in [1.165, 1.54) is 107 Å². The van der Waals surface area contributed by atoms with Crippen molar-refractivity contribution in [3.8, 4) is 0 Å². The highest BCUT2D eigenvalue weighted by atomic mass is 19.3. The lowest BCUT2D eigenvalue weighted by Crippen LogP contribution is -2.25. The predicted molar refractivity (Wildman–Crippen MR) is 128 cm³/mol. The fourth-order valence-corrected chi connectivity index (χ4v) is 6.12. The number of aryl methyl sites for hydroxylation is 2. The van der Waals surface area contributed by atoms with E-state index in [0.29, 0.717) is 0 Å². The molecule has 2 saturated carbocycles. The van der Waals surface area contributed by atoms with Gasteiger partial charge in [0.15, 0.2) is 0 Å². The van der Waals surface area contributed by atoms with E-state index >= 15 is 0 Å². The number of rotatable bonds is 11. The third-order valence-corrected chi connectivity index (χ3v) is 8.16. The first-order valence-corrected chi connectivity index (χ1v) is 13.2. The first kappa shape index (κ1) is 24.5. The molecule has 31 heavy (non-hydrogen) atoms. The molecule has 2 aliphatic carbocycles. The van der Waals surface area contributed by atoms with Gasteiger partial charge in [0.25, 0.3) is 6.08 Å². The second-order valence-corrected chi connectivity index (χ2v) is 10.4. The molecule has 0 nitrogen and oxygen atoms in total. The summed E-state index contributed by atoms with van der Waals surface area (Å²) in [5.41, 5.74) is 2.99. The number of allylic oxidation sites excluding steroid dienone is 1. The molecule has 0 amide bonds. The minimum atomic E-state index is -1.48. The average Bonchev–Trinajstić information content (AvgIpc) is 2.78. The largest absolute Gasteiger partial charge is 0.266 e. The van der Waals surface area contributed by atoms with Crippen molar-refractivity contribution in [1.29, 1.82) is 0 Å². The van der Waals surface area contributed by atoms with Crippen LogP contribution in [-0.4, -0.2) is 0 Å². The van der Waals surface area contributed by atoms with Gasteiger partial charge in [0, 0.05) is 0 Å². The van der Waals surface area contributed by atoms with E-state index in [-0.39, 0.29) is 5.92 Å². The number of hydrogen-bond acceptors (Lipinski definition) is 0. The lowest BCUT2D eigenvalue weighted by atomic mass is 9.68. The summed E-state index contributed by atoms with van der Waals surface area (Å²) in [6, 6.07) is 9.37. The molecule has 0 bridgehead atoms. The third kappa shape index (κ3) is 8.70. The molecule has 0 saturated heterocycles. The molecule has 1 aromatic rings. The van der Waals surface area contributed by atoms with Gasteiger partial charge in [-0.3, -0.25) is 0 Å². The number of halogens is 2. The Labute approximate surface area is 189 Å². The van der Waals surface area contributed by atoms with Crippen LogP contribution in [0, 0.1) is 23.7 Å². The van der Waals surface area contributed by atoms with Crippen molar-refractivity contribution >= 4 is 0 Å². The highest BCUT2D eigenvalue weighted by Gasteiger charge is 2.30. The van der Waals surface area contributed by atoms with Crippen molar-refractivity contribution < 1.29 is 8.78 Å². The van der Waals surface area contributed by atoms with Crippen molar-refractivity contribution in [1.82, 2.24) is 0 Å². The molecule has 3 rings (SSSR count). The summed E-state index contributed by atoms with van der Waals surface area (Å²) in [6.45, 7) is 2.26. The maximum atomic E-state index is 12.5. The molecule has 2 heteroatoms. The van der Waals surface area contributed by atoms with Gasteiger partial charge in [0.2, 0.25) is 0 Å². The predicted octanol–water partition coefficient (Wildman–Crippen LogP) is 9.53. The number of benzene rings is 1. The maximum absolute atomic E-state index is 12.5. The first-order valence-electron chi connectivity index (χ1n) is 13.2. The standard InChI is InChI=1S/C29H44F2/c1-2-3-4-7-23-10-12-24(13-11-23)8-5-6-9-25-14-18-27(19-15-25)28-20-16-26(17-21-28)22-29(30)31/h10-13,22,25-28H,2-9,14-21H2,1H3.